The van der Waals surface area contributed by atoms with Gasteiger partial charge >= 0.3 is 0 Å². The number of hydrogen-bond acceptors (Lipinski definition) is 5. The summed E-state index contributed by atoms with van der Waals surface area (Å²) in [6.07, 6.45) is 0. The summed E-state index contributed by atoms with van der Waals surface area (Å²) in [6, 6.07) is 23.1. The van der Waals surface area contributed by atoms with Crippen LogP contribution in [0, 0.1) is 0 Å². The van der Waals surface area contributed by atoms with Gasteiger partial charge in [0, 0.05) is 17.7 Å². The topological polar surface area (TPSA) is 74.6 Å². The molecule has 1 amide bonds. The number of carbonyl (C=O) groups is 1. The summed E-state index contributed by atoms with van der Waals surface area (Å²) >= 11 is 0. The maximum atomic E-state index is 13.8. The van der Waals surface area contributed by atoms with Gasteiger partial charge in [-0.3, -0.25) is 4.79 Å². The minimum atomic E-state index is -0.211. The summed E-state index contributed by atoms with van der Waals surface area (Å²) in [5.41, 5.74) is 3.84. The van der Waals surface area contributed by atoms with Gasteiger partial charge in [-0.05, 0) is 49.7 Å². The molecule has 1 N–H and O–H groups in total. The maximum Gasteiger partial charge on any atom is 0.270 e. The summed E-state index contributed by atoms with van der Waals surface area (Å²) in [5.74, 6) is 2.67. The number of methoxy groups -OCH3 is 1. The molecule has 7 heteroatoms. The fraction of sp³-hybridized carbons (Fsp3) is 0.241. The van der Waals surface area contributed by atoms with Crippen LogP contribution in [0.15, 0.2) is 72.8 Å². The van der Waals surface area contributed by atoms with Crippen molar-refractivity contribution in [3.63, 3.8) is 0 Å². The van der Waals surface area contributed by atoms with E-state index < -0.39 is 0 Å². The van der Waals surface area contributed by atoms with Crippen LogP contribution < -0.4 is 19.5 Å². The highest BCUT2D eigenvalue weighted by molar-refractivity contribution is 6.00. The lowest BCUT2D eigenvalue weighted by molar-refractivity contribution is 0.0931. The van der Waals surface area contributed by atoms with Gasteiger partial charge in [-0.1, -0.05) is 42.5 Å². The minimum Gasteiger partial charge on any atom is -0.497 e. The predicted octanol–water partition coefficient (Wildman–Crippen LogP) is 5.51. The van der Waals surface area contributed by atoms with Crippen molar-refractivity contribution >= 4 is 5.91 Å². The Labute approximate surface area is 210 Å². The van der Waals surface area contributed by atoms with E-state index in [4.69, 9.17) is 19.2 Å². The second-order valence-electron chi connectivity index (χ2n) is 8.57. The summed E-state index contributed by atoms with van der Waals surface area (Å²) in [4.78, 5) is 18.8. The van der Waals surface area contributed by atoms with E-state index >= 15 is 0 Å². The number of rotatable bonds is 7. The van der Waals surface area contributed by atoms with Crippen LogP contribution in [0.1, 0.15) is 35.9 Å². The van der Waals surface area contributed by atoms with Crippen LogP contribution in [-0.2, 0) is 6.54 Å². The van der Waals surface area contributed by atoms with E-state index in [9.17, 15) is 4.79 Å². The lowest BCUT2D eigenvalue weighted by Crippen LogP contribution is -2.29. The van der Waals surface area contributed by atoms with Crippen LogP contribution in [0.25, 0.3) is 22.6 Å². The van der Waals surface area contributed by atoms with E-state index in [1.807, 2.05) is 91.2 Å². The van der Waals surface area contributed by atoms with Gasteiger partial charge in [-0.25, -0.2) is 4.98 Å². The molecular formula is C29H29N3O4. The Morgan fingerprint density at radius 2 is 1.72 bits per heavy atom. The SMILES string of the molecule is CCn1c(-c2ccccc2)nc(-c2ccc3c(c2)OCCO3)c1C(=O)N[C@@H](C)c1ccc(OC)cc1. The third kappa shape index (κ3) is 4.52. The number of nitrogens with zero attached hydrogens (tertiary/aromatic N) is 2. The van der Waals surface area contributed by atoms with Crippen LogP contribution in [0.5, 0.6) is 17.2 Å². The Balaban J connectivity index is 1.57. The van der Waals surface area contributed by atoms with E-state index in [0.717, 1.165) is 28.3 Å². The molecule has 0 bridgehead atoms. The number of imidazole rings is 1. The average Bonchev–Trinajstić information content (AvgIpc) is 3.33. The van der Waals surface area contributed by atoms with Gasteiger partial charge in [0.1, 0.15) is 36.2 Å². The number of nitrogens with one attached hydrogen (secondary N) is 1. The Bertz CT molecular complexity index is 1360. The summed E-state index contributed by atoms with van der Waals surface area (Å²) < 4.78 is 18.7. The number of benzene rings is 3. The van der Waals surface area contributed by atoms with Gasteiger partial charge in [-0.2, -0.15) is 0 Å². The van der Waals surface area contributed by atoms with Crippen LogP contribution in [0.3, 0.4) is 0 Å². The third-order valence-corrected chi connectivity index (χ3v) is 6.31. The van der Waals surface area contributed by atoms with Crippen LogP contribution in [-0.4, -0.2) is 35.8 Å². The van der Waals surface area contributed by atoms with Gasteiger partial charge in [0.15, 0.2) is 11.5 Å². The van der Waals surface area contributed by atoms with E-state index in [1.54, 1.807) is 7.11 Å². The first-order valence-corrected chi connectivity index (χ1v) is 12.1. The zero-order valence-corrected chi connectivity index (χ0v) is 20.7. The molecule has 1 aliphatic rings. The molecule has 0 spiro atoms. The summed E-state index contributed by atoms with van der Waals surface area (Å²) in [5, 5.41) is 3.17. The van der Waals surface area contributed by atoms with Crippen molar-refractivity contribution in [2.24, 2.45) is 0 Å². The zero-order valence-electron chi connectivity index (χ0n) is 20.7. The molecule has 184 valence electrons. The second kappa shape index (κ2) is 10.2. The van der Waals surface area contributed by atoms with E-state index in [-0.39, 0.29) is 11.9 Å². The molecule has 3 aromatic carbocycles. The molecule has 0 saturated heterocycles. The first-order chi connectivity index (χ1) is 17.6. The van der Waals surface area contributed by atoms with E-state index in [2.05, 4.69) is 5.32 Å². The zero-order chi connectivity index (χ0) is 25.1. The highest BCUT2D eigenvalue weighted by Crippen LogP contribution is 2.37. The highest BCUT2D eigenvalue weighted by atomic mass is 16.6. The Morgan fingerprint density at radius 1 is 1.00 bits per heavy atom. The van der Waals surface area contributed by atoms with Gasteiger partial charge in [-0.15, -0.1) is 0 Å². The van der Waals surface area contributed by atoms with Crippen LogP contribution >= 0.6 is 0 Å². The largest absolute Gasteiger partial charge is 0.497 e. The number of carbonyl (C=O) groups excluding carboxylic acids is 1. The van der Waals surface area contributed by atoms with Crippen molar-refractivity contribution < 1.29 is 19.0 Å². The molecule has 0 unspecified atom stereocenters. The minimum absolute atomic E-state index is 0.195. The van der Waals surface area contributed by atoms with Crippen molar-refractivity contribution in [3.05, 3.63) is 84.1 Å². The molecule has 0 fully saturated rings. The number of aromatic nitrogens is 2. The molecule has 0 radical (unpaired) electrons. The molecule has 1 aromatic heterocycles. The molecule has 0 aliphatic carbocycles. The number of amides is 1. The highest BCUT2D eigenvalue weighted by Gasteiger charge is 2.26. The fourth-order valence-corrected chi connectivity index (χ4v) is 4.43. The van der Waals surface area contributed by atoms with Gasteiger partial charge in [0.05, 0.1) is 13.2 Å². The quantitative estimate of drug-likeness (QED) is 0.375. The maximum absolute atomic E-state index is 13.8. The standard InChI is InChI=1S/C29H29N3O4/c1-4-32-27(29(33)30-19(2)20-10-13-23(34-3)14-11-20)26(31-28(32)21-8-6-5-7-9-21)22-12-15-24-25(18-22)36-17-16-35-24/h5-15,18-19H,4,16-17H2,1-3H3,(H,30,33)/t19-/m0/s1. The normalized spacial score (nSPS) is 13.2. The average molecular weight is 484 g/mol. The predicted molar refractivity (Wildman–Crippen MR) is 139 cm³/mol. The smallest absolute Gasteiger partial charge is 0.270 e. The molecular weight excluding hydrogens is 454 g/mol. The van der Waals surface area contributed by atoms with Crippen molar-refractivity contribution in [2.75, 3.05) is 20.3 Å². The Morgan fingerprint density at radius 3 is 2.42 bits per heavy atom. The molecule has 7 nitrogen and oxygen atoms in total. The van der Waals surface area contributed by atoms with Crippen molar-refractivity contribution in [2.45, 2.75) is 26.4 Å². The second-order valence-corrected chi connectivity index (χ2v) is 8.57. The third-order valence-electron chi connectivity index (χ3n) is 6.31. The molecule has 36 heavy (non-hydrogen) atoms. The first-order valence-electron chi connectivity index (χ1n) is 12.1. The van der Waals surface area contributed by atoms with E-state index in [0.29, 0.717) is 42.6 Å². The summed E-state index contributed by atoms with van der Waals surface area (Å²) in [6.45, 7) is 5.58. The lowest BCUT2D eigenvalue weighted by Gasteiger charge is -2.19. The monoisotopic (exact) mass is 483 g/mol. The van der Waals surface area contributed by atoms with Crippen molar-refractivity contribution in [3.8, 4) is 39.9 Å². The van der Waals surface area contributed by atoms with Gasteiger partial charge < -0.3 is 24.1 Å². The molecule has 1 atom stereocenters. The van der Waals surface area contributed by atoms with Crippen molar-refractivity contribution in [1.82, 2.24) is 14.9 Å². The lowest BCUT2D eigenvalue weighted by atomic mass is 10.1. The van der Waals surface area contributed by atoms with Crippen LogP contribution in [0.2, 0.25) is 0 Å². The van der Waals surface area contributed by atoms with Gasteiger partial charge in [0.25, 0.3) is 5.91 Å². The number of fused-ring (bicyclic) bond motifs is 1. The number of hydrogen-bond donors (Lipinski definition) is 1. The number of ether oxygens (including phenoxy) is 3. The van der Waals surface area contributed by atoms with Crippen LogP contribution in [0.4, 0.5) is 0 Å². The Hall–Kier alpha value is -4.26. The van der Waals surface area contributed by atoms with Crippen molar-refractivity contribution in [1.29, 1.82) is 0 Å². The molecule has 1 aliphatic heterocycles. The molecule has 2 heterocycles. The Kier molecular flexibility index (Phi) is 6.62. The molecule has 4 aromatic rings. The first kappa shape index (κ1) is 23.5. The summed E-state index contributed by atoms with van der Waals surface area (Å²) in [7, 11) is 1.63. The molecule has 5 rings (SSSR count). The van der Waals surface area contributed by atoms with E-state index in [1.165, 1.54) is 0 Å². The van der Waals surface area contributed by atoms with Gasteiger partial charge in [0.2, 0.25) is 0 Å². The molecule has 0 saturated carbocycles. The fourth-order valence-electron chi connectivity index (χ4n) is 4.43.